The summed E-state index contributed by atoms with van der Waals surface area (Å²) in [6.07, 6.45) is 0. The van der Waals surface area contributed by atoms with Crippen LogP contribution >= 0.6 is 11.8 Å². The van der Waals surface area contributed by atoms with Gasteiger partial charge in [-0.1, -0.05) is 42.5 Å². The van der Waals surface area contributed by atoms with Gasteiger partial charge in [0, 0.05) is 17.2 Å². The maximum Gasteiger partial charge on any atom is 0.230 e. The van der Waals surface area contributed by atoms with E-state index in [0.717, 1.165) is 5.56 Å². The highest BCUT2D eigenvalue weighted by Crippen LogP contribution is 2.23. The van der Waals surface area contributed by atoms with E-state index >= 15 is 0 Å². The van der Waals surface area contributed by atoms with E-state index in [9.17, 15) is 14.0 Å². The summed E-state index contributed by atoms with van der Waals surface area (Å²) < 4.78 is 13.8. The molecule has 0 saturated heterocycles. The Hall–Kier alpha value is -2.14. The van der Waals surface area contributed by atoms with Crippen LogP contribution in [0.25, 0.3) is 11.1 Å². The molecule has 24 heavy (non-hydrogen) atoms. The van der Waals surface area contributed by atoms with Crippen molar-refractivity contribution in [3.63, 3.8) is 0 Å². The van der Waals surface area contributed by atoms with E-state index in [2.05, 4.69) is 5.32 Å². The highest BCUT2D eigenvalue weighted by molar-refractivity contribution is 8.00. The fourth-order valence-corrected chi connectivity index (χ4v) is 2.94. The maximum atomic E-state index is 13.8. The van der Waals surface area contributed by atoms with Crippen LogP contribution in [0.2, 0.25) is 0 Å². The first-order valence-corrected chi connectivity index (χ1v) is 8.88. The molecule has 0 radical (unpaired) electrons. The maximum absolute atomic E-state index is 13.8. The normalized spacial score (nSPS) is 10.7. The molecule has 0 aliphatic rings. The van der Waals surface area contributed by atoms with Crippen LogP contribution in [-0.4, -0.2) is 29.2 Å². The second kappa shape index (κ2) is 8.64. The molecule has 0 atom stereocenters. The lowest BCUT2D eigenvalue weighted by Gasteiger charge is -2.08. The number of amides is 1. The summed E-state index contributed by atoms with van der Waals surface area (Å²) in [6, 6.07) is 13.5. The predicted molar refractivity (Wildman–Crippen MR) is 96.8 cm³/mol. The lowest BCUT2D eigenvalue weighted by molar-refractivity contribution is -0.119. The fraction of sp³-hybridized carbons (Fsp3) is 0.263. The Morgan fingerprint density at radius 3 is 2.33 bits per heavy atom. The van der Waals surface area contributed by atoms with Crippen molar-refractivity contribution in [3.8, 4) is 11.1 Å². The largest absolute Gasteiger partial charge is 0.353 e. The van der Waals surface area contributed by atoms with Gasteiger partial charge in [-0.25, -0.2) is 4.39 Å². The summed E-state index contributed by atoms with van der Waals surface area (Å²) in [5.41, 5.74) is 1.80. The summed E-state index contributed by atoms with van der Waals surface area (Å²) in [7, 11) is 0. The number of rotatable bonds is 7. The second-order valence-electron chi connectivity index (χ2n) is 5.70. The third-order valence-corrected chi connectivity index (χ3v) is 4.24. The first kappa shape index (κ1) is 18.2. The summed E-state index contributed by atoms with van der Waals surface area (Å²) >= 11 is 1.29. The first-order valence-electron chi connectivity index (χ1n) is 7.72. The van der Waals surface area contributed by atoms with Crippen molar-refractivity contribution >= 4 is 23.5 Å². The van der Waals surface area contributed by atoms with E-state index in [1.165, 1.54) is 17.8 Å². The molecule has 3 nitrogen and oxygen atoms in total. The Labute approximate surface area is 145 Å². The van der Waals surface area contributed by atoms with E-state index in [1.54, 1.807) is 42.5 Å². The second-order valence-corrected chi connectivity index (χ2v) is 6.68. The van der Waals surface area contributed by atoms with Crippen molar-refractivity contribution in [1.82, 2.24) is 5.32 Å². The van der Waals surface area contributed by atoms with Crippen molar-refractivity contribution in [2.75, 3.05) is 11.5 Å². The summed E-state index contributed by atoms with van der Waals surface area (Å²) in [6.45, 7) is 3.79. The van der Waals surface area contributed by atoms with Gasteiger partial charge >= 0.3 is 0 Å². The van der Waals surface area contributed by atoms with Gasteiger partial charge in [0.05, 0.1) is 11.5 Å². The van der Waals surface area contributed by atoms with Gasteiger partial charge in [-0.15, -0.1) is 11.8 Å². The average Bonchev–Trinajstić information content (AvgIpc) is 2.54. The number of benzene rings is 2. The van der Waals surface area contributed by atoms with Gasteiger partial charge < -0.3 is 5.32 Å². The quantitative estimate of drug-likeness (QED) is 0.773. The predicted octanol–water partition coefficient (Wildman–Crippen LogP) is 3.93. The van der Waals surface area contributed by atoms with E-state index in [1.807, 2.05) is 13.8 Å². The van der Waals surface area contributed by atoms with Crippen molar-refractivity contribution in [2.45, 2.75) is 19.9 Å². The molecule has 0 saturated carbocycles. The van der Waals surface area contributed by atoms with Gasteiger partial charge in [-0.05, 0) is 25.5 Å². The zero-order valence-electron chi connectivity index (χ0n) is 13.7. The fourth-order valence-electron chi connectivity index (χ4n) is 2.21. The molecule has 0 aromatic heterocycles. The Balaban J connectivity index is 1.92. The van der Waals surface area contributed by atoms with Crippen LogP contribution < -0.4 is 5.32 Å². The molecule has 1 N–H and O–H groups in total. The van der Waals surface area contributed by atoms with Crippen molar-refractivity contribution in [2.24, 2.45) is 0 Å². The van der Waals surface area contributed by atoms with Crippen LogP contribution in [0.5, 0.6) is 0 Å². The van der Waals surface area contributed by atoms with Crippen LogP contribution in [0.3, 0.4) is 0 Å². The van der Waals surface area contributed by atoms with E-state index < -0.39 is 0 Å². The van der Waals surface area contributed by atoms with Crippen molar-refractivity contribution < 1.29 is 14.0 Å². The summed E-state index contributed by atoms with van der Waals surface area (Å²) in [4.78, 5) is 23.7. The average molecular weight is 345 g/mol. The highest BCUT2D eigenvalue weighted by Gasteiger charge is 2.10. The van der Waals surface area contributed by atoms with Gasteiger partial charge in [0.1, 0.15) is 5.82 Å². The Morgan fingerprint density at radius 1 is 1.04 bits per heavy atom. The minimum Gasteiger partial charge on any atom is -0.353 e. The zero-order chi connectivity index (χ0) is 17.5. The molecule has 0 spiro atoms. The zero-order valence-corrected chi connectivity index (χ0v) is 14.5. The number of halogens is 1. The molecule has 0 heterocycles. The van der Waals surface area contributed by atoms with Crippen LogP contribution in [0.15, 0.2) is 48.5 Å². The number of Topliss-reactive ketones (excluding diaryl/α,β-unsaturated/α-hetero) is 1. The molecule has 0 aliphatic carbocycles. The van der Waals surface area contributed by atoms with Gasteiger partial charge in [-0.2, -0.15) is 0 Å². The molecule has 2 aromatic carbocycles. The molecule has 2 rings (SSSR count). The first-order chi connectivity index (χ1) is 11.5. The van der Waals surface area contributed by atoms with Gasteiger partial charge in [0.2, 0.25) is 5.91 Å². The molecular weight excluding hydrogens is 325 g/mol. The lowest BCUT2D eigenvalue weighted by Crippen LogP contribution is -2.31. The number of thioether (sulfide) groups is 1. The Kier molecular flexibility index (Phi) is 6.55. The third-order valence-electron chi connectivity index (χ3n) is 3.31. The smallest absolute Gasteiger partial charge is 0.230 e. The Morgan fingerprint density at radius 2 is 1.71 bits per heavy atom. The van der Waals surface area contributed by atoms with Crippen LogP contribution in [-0.2, 0) is 4.79 Å². The molecule has 1 amide bonds. The Bertz CT molecular complexity index is 714. The van der Waals surface area contributed by atoms with E-state index in [4.69, 9.17) is 0 Å². The number of nitrogens with one attached hydrogen (secondary N) is 1. The standard InChI is InChI=1S/C19H20FNO2S/c1-13(2)21-19(23)12-24-11-18(22)15-9-7-14(8-10-15)16-5-3-4-6-17(16)20/h3-10,13H,11-12H2,1-2H3,(H,21,23). The van der Waals surface area contributed by atoms with E-state index in [0.29, 0.717) is 11.1 Å². The summed E-state index contributed by atoms with van der Waals surface area (Å²) in [5.74, 6) is 0.0975. The van der Waals surface area contributed by atoms with Gasteiger partial charge in [0.15, 0.2) is 5.78 Å². The number of carbonyl (C=O) groups excluding carboxylic acids is 2. The van der Waals surface area contributed by atoms with Gasteiger partial charge in [0.25, 0.3) is 0 Å². The summed E-state index contributed by atoms with van der Waals surface area (Å²) in [5, 5.41) is 2.78. The molecule has 0 bridgehead atoms. The molecule has 0 aliphatic heterocycles. The molecule has 5 heteroatoms. The van der Waals surface area contributed by atoms with Crippen LogP contribution in [0, 0.1) is 5.82 Å². The van der Waals surface area contributed by atoms with Crippen molar-refractivity contribution in [1.29, 1.82) is 0 Å². The number of ketones is 1. The molecule has 126 valence electrons. The molecule has 2 aromatic rings. The van der Waals surface area contributed by atoms with Crippen molar-refractivity contribution in [3.05, 3.63) is 59.9 Å². The highest BCUT2D eigenvalue weighted by atomic mass is 32.2. The minimum atomic E-state index is -0.289. The van der Waals surface area contributed by atoms with Crippen LogP contribution in [0.1, 0.15) is 24.2 Å². The topological polar surface area (TPSA) is 46.2 Å². The number of carbonyl (C=O) groups is 2. The number of hydrogen-bond donors (Lipinski definition) is 1. The third kappa shape index (κ3) is 5.20. The molecular formula is C19H20FNO2S. The SMILES string of the molecule is CC(C)NC(=O)CSCC(=O)c1ccc(-c2ccccc2F)cc1. The lowest BCUT2D eigenvalue weighted by atomic mass is 10.0. The number of hydrogen-bond acceptors (Lipinski definition) is 3. The molecule has 0 fully saturated rings. The molecule has 0 unspecified atom stereocenters. The van der Waals surface area contributed by atoms with Crippen LogP contribution in [0.4, 0.5) is 4.39 Å². The van der Waals surface area contributed by atoms with Gasteiger partial charge in [-0.3, -0.25) is 9.59 Å². The van der Waals surface area contributed by atoms with E-state index in [-0.39, 0.29) is 35.1 Å². The monoisotopic (exact) mass is 345 g/mol. The minimum absolute atomic E-state index is 0.0440.